The average Bonchev–Trinajstić information content (AvgIpc) is 4.13. The quantitative estimate of drug-likeness (QED) is 0.116. The van der Waals surface area contributed by atoms with Crippen molar-refractivity contribution in [2.24, 2.45) is 0 Å². The third kappa shape index (κ3) is 5.39. The maximum atomic E-state index is 5.20. The van der Waals surface area contributed by atoms with E-state index in [0.29, 0.717) is 0 Å². The highest BCUT2D eigenvalue weighted by molar-refractivity contribution is 7.20. The van der Waals surface area contributed by atoms with Crippen molar-refractivity contribution in [3.05, 3.63) is 249 Å². The standard InChI is InChI=1S/C61H41N5Si/c1-4-20-43(21-5-1)67(44-22-6-2-7-23-44,45-24-8-3-9-25-45)46-37-39-55-50(41-46)48-27-11-14-30-53(48)65(55)59-34-18-17-33-58(59)64-52-29-13-10-26-47(52)49-40-42(36-38-54(49)64)63-57-32-16-19-35-60(57)66-56-31-15-12-28-51(56)62-61(63)66/h1-41H. The molecule has 314 valence electrons. The number of aromatic nitrogens is 5. The van der Waals surface area contributed by atoms with Gasteiger partial charge in [-0.2, -0.15) is 0 Å². The molecule has 0 aliphatic rings. The molecule has 4 aromatic heterocycles. The van der Waals surface area contributed by atoms with Crippen LogP contribution in [0.5, 0.6) is 0 Å². The molecule has 0 saturated carbocycles. The summed E-state index contributed by atoms with van der Waals surface area (Å²) in [6, 6.07) is 91.5. The van der Waals surface area contributed by atoms with Crippen LogP contribution in [0.15, 0.2) is 249 Å². The molecule has 0 spiro atoms. The Morgan fingerprint density at radius 3 is 1.30 bits per heavy atom. The SMILES string of the molecule is c1ccc([Si](c2ccccc2)(c2ccccc2)c2ccc3c(c2)c2ccccc2n3-c2ccccc2-n2c3ccccc3c3cc(-n4c5ccccc5n5c6ccccc6nc45)ccc32)cc1. The Morgan fingerprint density at radius 1 is 0.284 bits per heavy atom. The topological polar surface area (TPSA) is 32.1 Å². The fourth-order valence-corrected chi connectivity index (χ4v) is 16.1. The summed E-state index contributed by atoms with van der Waals surface area (Å²) in [5.41, 5.74) is 12.3. The maximum absolute atomic E-state index is 5.20. The Bertz CT molecular complexity index is 4120. The first-order valence-electron chi connectivity index (χ1n) is 23.0. The van der Waals surface area contributed by atoms with Gasteiger partial charge in [0, 0.05) is 27.2 Å². The molecule has 14 rings (SSSR count). The molecule has 10 aromatic carbocycles. The molecule has 0 unspecified atom stereocenters. The first-order valence-corrected chi connectivity index (χ1v) is 25.0. The van der Waals surface area contributed by atoms with Crippen molar-refractivity contribution in [2.75, 3.05) is 0 Å². The molecule has 0 N–H and O–H groups in total. The molecule has 0 amide bonds. The maximum Gasteiger partial charge on any atom is 0.220 e. The first-order chi connectivity index (χ1) is 33.3. The number of benzene rings is 10. The predicted octanol–water partition coefficient (Wildman–Crippen LogP) is 12.0. The Balaban J connectivity index is 1.00. The van der Waals surface area contributed by atoms with Crippen LogP contribution in [0.25, 0.3) is 88.5 Å². The van der Waals surface area contributed by atoms with Gasteiger partial charge in [0.2, 0.25) is 5.78 Å². The van der Waals surface area contributed by atoms with Crippen LogP contribution >= 0.6 is 0 Å². The van der Waals surface area contributed by atoms with Crippen LogP contribution < -0.4 is 20.7 Å². The van der Waals surface area contributed by atoms with E-state index >= 15 is 0 Å². The molecule has 0 bridgehead atoms. The first kappa shape index (κ1) is 37.6. The Kier molecular flexibility index (Phi) is 8.23. The van der Waals surface area contributed by atoms with Gasteiger partial charge >= 0.3 is 0 Å². The second-order valence-electron chi connectivity index (χ2n) is 17.5. The monoisotopic (exact) mass is 871 g/mol. The number of nitrogens with zero attached hydrogens (tertiary/aromatic N) is 5. The molecular weight excluding hydrogens is 831 g/mol. The zero-order valence-electron chi connectivity index (χ0n) is 36.4. The predicted molar refractivity (Wildman–Crippen MR) is 282 cm³/mol. The van der Waals surface area contributed by atoms with Crippen molar-refractivity contribution in [3.8, 4) is 17.1 Å². The van der Waals surface area contributed by atoms with Crippen molar-refractivity contribution >= 4 is 100 Å². The lowest BCUT2D eigenvalue weighted by Gasteiger charge is -2.34. The van der Waals surface area contributed by atoms with E-state index in [2.05, 4.69) is 267 Å². The molecule has 67 heavy (non-hydrogen) atoms. The second-order valence-corrected chi connectivity index (χ2v) is 21.3. The van der Waals surface area contributed by atoms with Crippen LogP contribution in [0.1, 0.15) is 0 Å². The van der Waals surface area contributed by atoms with Gasteiger partial charge < -0.3 is 9.13 Å². The fourth-order valence-electron chi connectivity index (χ4n) is 11.3. The van der Waals surface area contributed by atoms with E-state index in [-0.39, 0.29) is 0 Å². The van der Waals surface area contributed by atoms with Crippen LogP contribution in [0, 0.1) is 0 Å². The summed E-state index contributed by atoms with van der Waals surface area (Å²) in [4.78, 5) is 5.20. The molecule has 4 heterocycles. The summed E-state index contributed by atoms with van der Waals surface area (Å²) in [6.45, 7) is 0. The Morgan fingerprint density at radius 2 is 0.716 bits per heavy atom. The van der Waals surface area contributed by atoms with Gasteiger partial charge in [0.25, 0.3) is 0 Å². The number of fused-ring (bicyclic) bond motifs is 11. The van der Waals surface area contributed by atoms with E-state index in [9.17, 15) is 0 Å². The smallest absolute Gasteiger partial charge is 0.220 e. The van der Waals surface area contributed by atoms with E-state index < -0.39 is 8.07 Å². The lowest BCUT2D eigenvalue weighted by atomic mass is 10.1. The molecule has 0 aliphatic carbocycles. The third-order valence-electron chi connectivity index (χ3n) is 14.1. The van der Waals surface area contributed by atoms with Gasteiger partial charge in [-0.05, 0) is 93.5 Å². The summed E-state index contributed by atoms with van der Waals surface area (Å²) < 4.78 is 9.55. The van der Waals surface area contributed by atoms with Gasteiger partial charge in [0.1, 0.15) is 0 Å². The third-order valence-corrected chi connectivity index (χ3v) is 18.9. The summed E-state index contributed by atoms with van der Waals surface area (Å²) in [5.74, 6) is 0.904. The number of rotatable bonds is 7. The van der Waals surface area contributed by atoms with E-state index in [1.807, 2.05) is 0 Å². The summed E-state index contributed by atoms with van der Waals surface area (Å²) in [5, 5.41) is 10.3. The number of hydrogen-bond donors (Lipinski definition) is 0. The molecular formula is C61H41N5Si. The van der Waals surface area contributed by atoms with Crippen molar-refractivity contribution in [2.45, 2.75) is 0 Å². The molecule has 14 aromatic rings. The molecule has 0 fully saturated rings. The van der Waals surface area contributed by atoms with Crippen molar-refractivity contribution in [3.63, 3.8) is 0 Å². The normalized spacial score (nSPS) is 12.2. The van der Waals surface area contributed by atoms with Gasteiger partial charge in [-0.1, -0.05) is 176 Å². The van der Waals surface area contributed by atoms with Crippen LogP contribution in [0.4, 0.5) is 0 Å². The van der Waals surface area contributed by atoms with E-state index in [1.54, 1.807) is 0 Å². The number of hydrogen-bond acceptors (Lipinski definition) is 1. The summed E-state index contributed by atoms with van der Waals surface area (Å²) >= 11 is 0. The molecule has 0 saturated heterocycles. The molecule has 6 heteroatoms. The number of imidazole rings is 2. The van der Waals surface area contributed by atoms with Gasteiger partial charge in [0.05, 0.1) is 55.5 Å². The Labute approximate surface area is 387 Å². The van der Waals surface area contributed by atoms with Crippen LogP contribution in [-0.4, -0.2) is 31.2 Å². The van der Waals surface area contributed by atoms with E-state index in [0.717, 1.165) is 55.9 Å². The lowest BCUT2D eigenvalue weighted by Crippen LogP contribution is -2.74. The molecule has 5 nitrogen and oxygen atoms in total. The van der Waals surface area contributed by atoms with E-state index in [1.165, 1.54) is 53.3 Å². The minimum absolute atomic E-state index is 0.904. The van der Waals surface area contributed by atoms with Crippen LogP contribution in [0.3, 0.4) is 0 Å². The zero-order chi connectivity index (χ0) is 44.1. The minimum atomic E-state index is -2.77. The largest absolute Gasteiger partial charge is 0.307 e. The average molecular weight is 872 g/mol. The minimum Gasteiger partial charge on any atom is -0.307 e. The van der Waals surface area contributed by atoms with Gasteiger partial charge in [-0.15, -0.1) is 0 Å². The van der Waals surface area contributed by atoms with Gasteiger partial charge in [-0.25, -0.2) is 4.98 Å². The Hall–Kier alpha value is -8.71. The van der Waals surface area contributed by atoms with Crippen LogP contribution in [-0.2, 0) is 0 Å². The van der Waals surface area contributed by atoms with Crippen molar-refractivity contribution in [1.82, 2.24) is 23.1 Å². The molecule has 0 atom stereocenters. The fraction of sp³-hybridized carbons (Fsp3) is 0. The summed E-state index contributed by atoms with van der Waals surface area (Å²) in [7, 11) is -2.77. The molecule has 0 radical (unpaired) electrons. The van der Waals surface area contributed by atoms with Crippen LogP contribution in [0.2, 0.25) is 0 Å². The van der Waals surface area contributed by atoms with Crippen molar-refractivity contribution < 1.29 is 0 Å². The highest BCUT2D eigenvalue weighted by atomic mass is 28.3. The highest BCUT2D eigenvalue weighted by Gasteiger charge is 2.41. The second kappa shape index (κ2) is 14.7. The zero-order valence-corrected chi connectivity index (χ0v) is 37.4. The molecule has 0 aliphatic heterocycles. The van der Waals surface area contributed by atoms with Gasteiger partial charge in [-0.3, -0.25) is 8.97 Å². The van der Waals surface area contributed by atoms with Crippen molar-refractivity contribution in [1.29, 1.82) is 0 Å². The number of para-hydroxylation sites is 8. The highest BCUT2D eigenvalue weighted by Crippen LogP contribution is 2.39. The van der Waals surface area contributed by atoms with Gasteiger partial charge in [0.15, 0.2) is 8.07 Å². The lowest BCUT2D eigenvalue weighted by molar-refractivity contribution is 1.09. The summed E-state index contributed by atoms with van der Waals surface area (Å²) in [6.07, 6.45) is 0. The van der Waals surface area contributed by atoms with E-state index in [4.69, 9.17) is 4.98 Å².